The minimum Gasteiger partial charge on any atom is -0.307 e. The van der Waals surface area contributed by atoms with Crippen molar-refractivity contribution in [1.29, 1.82) is 0 Å². The molecule has 154 valence electrons. The van der Waals surface area contributed by atoms with E-state index in [0.717, 1.165) is 41.3 Å². The van der Waals surface area contributed by atoms with Crippen LogP contribution in [0.4, 0.5) is 4.39 Å². The maximum Gasteiger partial charge on any atom is 0.153 e. The van der Waals surface area contributed by atoms with Crippen molar-refractivity contribution in [3.05, 3.63) is 65.7 Å². The van der Waals surface area contributed by atoms with E-state index in [0.29, 0.717) is 0 Å². The van der Waals surface area contributed by atoms with Crippen LogP contribution < -0.4 is 5.32 Å². The molecule has 5 rings (SSSR count). The van der Waals surface area contributed by atoms with Gasteiger partial charge in [-0.05, 0) is 66.4 Å². The third-order valence-electron chi connectivity index (χ3n) is 5.34. The summed E-state index contributed by atoms with van der Waals surface area (Å²) in [4.78, 5) is 1.58. The molecule has 1 atom stereocenters. The van der Waals surface area contributed by atoms with Crippen molar-refractivity contribution in [2.45, 2.75) is 18.0 Å². The van der Waals surface area contributed by atoms with Gasteiger partial charge in [0.05, 0.1) is 23.6 Å². The van der Waals surface area contributed by atoms with E-state index in [9.17, 15) is 4.39 Å². The van der Waals surface area contributed by atoms with Crippen LogP contribution in [0, 0.1) is 12.7 Å². The average molecular weight is 424 g/mol. The zero-order valence-electron chi connectivity index (χ0n) is 16.8. The molecule has 0 amide bonds. The number of nitrogens with zero attached hydrogens (tertiary/aromatic N) is 6. The summed E-state index contributed by atoms with van der Waals surface area (Å²) in [6.45, 7) is 4.86. The molecule has 1 aliphatic heterocycles. The van der Waals surface area contributed by atoms with Gasteiger partial charge in [-0.2, -0.15) is 15.0 Å². The largest absolute Gasteiger partial charge is 0.307 e. The summed E-state index contributed by atoms with van der Waals surface area (Å²) in [6.07, 6.45) is 3.67. The van der Waals surface area contributed by atoms with Crippen LogP contribution in [0.15, 0.2) is 53.8 Å². The van der Waals surface area contributed by atoms with E-state index in [1.165, 1.54) is 23.3 Å². The molecule has 9 heteroatoms. The number of piperazine rings is 1. The summed E-state index contributed by atoms with van der Waals surface area (Å²) in [5, 5.41) is 18.7. The van der Waals surface area contributed by atoms with Gasteiger partial charge in [0.1, 0.15) is 5.82 Å². The molecule has 1 fully saturated rings. The average Bonchev–Trinajstić information content (AvgIpc) is 3.34. The van der Waals surface area contributed by atoms with Gasteiger partial charge in [0.15, 0.2) is 5.03 Å². The van der Waals surface area contributed by atoms with Gasteiger partial charge in [-0.1, -0.05) is 0 Å². The Morgan fingerprint density at radius 2 is 1.97 bits per heavy atom. The number of nitrogens with one attached hydrogen (secondary N) is 1. The minimum atomic E-state index is -0.249. The Balaban J connectivity index is 1.41. The molecule has 0 bridgehead atoms. The zero-order chi connectivity index (χ0) is 20.7. The highest BCUT2D eigenvalue weighted by Gasteiger charge is 2.24. The molecule has 3 heterocycles. The normalized spacial score (nSPS) is 17.6. The van der Waals surface area contributed by atoms with E-state index in [2.05, 4.69) is 44.0 Å². The quantitative estimate of drug-likeness (QED) is 0.509. The van der Waals surface area contributed by atoms with E-state index in [1.807, 2.05) is 17.9 Å². The Labute approximate surface area is 178 Å². The molecule has 2 aromatic heterocycles. The molecular formula is C21H22FN7S. The summed E-state index contributed by atoms with van der Waals surface area (Å²) >= 11 is 1.65. The lowest BCUT2D eigenvalue weighted by Gasteiger charge is -2.33. The number of hydrogen-bond acceptors (Lipinski definition) is 6. The molecule has 1 unspecified atom stereocenters. The number of aryl methyl sites for hydroxylation is 2. The highest BCUT2D eigenvalue weighted by atomic mass is 32.2. The minimum absolute atomic E-state index is 0.224. The maximum atomic E-state index is 13.3. The lowest BCUT2D eigenvalue weighted by Crippen LogP contribution is -2.42. The first-order valence-corrected chi connectivity index (χ1v) is 10.6. The Bertz CT molecular complexity index is 1180. The van der Waals surface area contributed by atoms with E-state index >= 15 is 0 Å². The molecule has 2 aromatic carbocycles. The summed E-state index contributed by atoms with van der Waals surface area (Å²) < 4.78 is 17.5. The van der Waals surface area contributed by atoms with Crippen molar-refractivity contribution in [1.82, 2.24) is 34.4 Å². The summed E-state index contributed by atoms with van der Waals surface area (Å²) in [7, 11) is 1.83. The van der Waals surface area contributed by atoms with Crippen molar-refractivity contribution >= 4 is 22.9 Å². The second-order valence-corrected chi connectivity index (χ2v) is 8.58. The molecule has 1 N–H and O–H groups in total. The van der Waals surface area contributed by atoms with Gasteiger partial charge in [0.25, 0.3) is 0 Å². The van der Waals surface area contributed by atoms with Crippen molar-refractivity contribution in [2.24, 2.45) is 7.05 Å². The second kappa shape index (κ2) is 7.82. The highest BCUT2D eigenvalue weighted by molar-refractivity contribution is 7.97. The Kier molecular flexibility index (Phi) is 5.01. The fourth-order valence-electron chi connectivity index (χ4n) is 3.87. The van der Waals surface area contributed by atoms with Gasteiger partial charge >= 0.3 is 0 Å². The lowest BCUT2D eigenvalue weighted by molar-refractivity contribution is 0.324. The van der Waals surface area contributed by atoms with Gasteiger partial charge in [-0.25, -0.2) is 13.4 Å². The Morgan fingerprint density at radius 3 is 2.73 bits per heavy atom. The first-order chi connectivity index (χ1) is 14.6. The first-order valence-electron chi connectivity index (χ1n) is 9.84. The van der Waals surface area contributed by atoms with Crippen molar-refractivity contribution in [3.63, 3.8) is 0 Å². The SMILES string of the molecule is Cc1cc2c(cnn2-c2ccc(F)cc2)cc1C1CN(Sc2cnn(C)n2)CCN1. The molecule has 0 saturated carbocycles. The topological polar surface area (TPSA) is 63.8 Å². The standard InChI is InChI=1S/C21H22FN7S/c1-14-9-20-15(11-25-29(20)17-5-3-16(22)4-6-17)10-18(14)19-13-28(8-7-23-19)30-21-12-24-27(2)26-21/h3-6,9-12,19,23H,7-8,13H2,1-2H3. The van der Waals surface area contributed by atoms with Crippen LogP contribution in [0.3, 0.4) is 0 Å². The number of benzene rings is 2. The predicted molar refractivity (Wildman–Crippen MR) is 115 cm³/mol. The van der Waals surface area contributed by atoms with Crippen LogP contribution >= 0.6 is 11.9 Å². The number of fused-ring (bicyclic) bond motifs is 1. The molecule has 7 nitrogen and oxygen atoms in total. The van der Waals surface area contributed by atoms with E-state index in [4.69, 9.17) is 0 Å². The predicted octanol–water partition coefficient (Wildman–Crippen LogP) is 3.26. The Hall–Kier alpha value is -2.75. The number of aromatic nitrogens is 5. The highest BCUT2D eigenvalue weighted by Crippen LogP contribution is 2.30. The van der Waals surface area contributed by atoms with Gasteiger partial charge in [0.2, 0.25) is 0 Å². The maximum absolute atomic E-state index is 13.3. The number of hydrogen-bond donors (Lipinski definition) is 1. The van der Waals surface area contributed by atoms with Gasteiger partial charge in [-0.3, -0.25) is 0 Å². The third kappa shape index (κ3) is 3.71. The summed E-state index contributed by atoms with van der Waals surface area (Å²) in [6, 6.07) is 11.0. The molecular weight excluding hydrogens is 401 g/mol. The van der Waals surface area contributed by atoms with Crippen molar-refractivity contribution in [2.75, 3.05) is 19.6 Å². The molecule has 1 aliphatic rings. The van der Waals surface area contributed by atoms with Gasteiger partial charge in [-0.15, -0.1) is 5.10 Å². The molecule has 1 saturated heterocycles. The fourth-order valence-corrected chi connectivity index (χ4v) is 4.79. The second-order valence-electron chi connectivity index (χ2n) is 7.46. The summed E-state index contributed by atoms with van der Waals surface area (Å²) in [5.74, 6) is -0.249. The smallest absolute Gasteiger partial charge is 0.153 e. The van der Waals surface area contributed by atoms with E-state index in [1.54, 1.807) is 35.1 Å². The van der Waals surface area contributed by atoms with Gasteiger partial charge in [0, 0.05) is 38.1 Å². The van der Waals surface area contributed by atoms with Crippen LogP contribution in [0.1, 0.15) is 17.2 Å². The fraction of sp³-hybridized carbons (Fsp3) is 0.286. The van der Waals surface area contributed by atoms with Crippen LogP contribution in [-0.2, 0) is 7.05 Å². The molecule has 30 heavy (non-hydrogen) atoms. The zero-order valence-corrected chi connectivity index (χ0v) is 17.6. The molecule has 4 aromatic rings. The van der Waals surface area contributed by atoms with Crippen LogP contribution in [0.25, 0.3) is 16.6 Å². The lowest BCUT2D eigenvalue weighted by atomic mass is 9.98. The monoisotopic (exact) mass is 423 g/mol. The summed E-state index contributed by atoms with van der Waals surface area (Å²) in [5.41, 5.74) is 4.34. The molecule has 0 aliphatic carbocycles. The van der Waals surface area contributed by atoms with Crippen molar-refractivity contribution < 1.29 is 4.39 Å². The van der Waals surface area contributed by atoms with Crippen molar-refractivity contribution in [3.8, 4) is 5.69 Å². The first kappa shape index (κ1) is 19.2. The van der Waals surface area contributed by atoms with Gasteiger partial charge < -0.3 is 5.32 Å². The van der Waals surface area contributed by atoms with E-state index in [-0.39, 0.29) is 11.9 Å². The Morgan fingerprint density at radius 1 is 1.13 bits per heavy atom. The molecule has 0 radical (unpaired) electrons. The van der Waals surface area contributed by atoms with Crippen LogP contribution in [0.2, 0.25) is 0 Å². The number of halogens is 1. The van der Waals surface area contributed by atoms with E-state index < -0.39 is 0 Å². The van der Waals surface area contributed by atoms with Crippen LogP contribution in [-0.4, -0.2) is 48.7 Å². The van der Waals surface area contributed by atoms with Crippen LogP contribution in [0.5, 0.6) is 0 Å². The molecule has 0 spiro atoms. The third-order valence-corrected chi connectivity index (χ3v) is 6.31. The number of rotatable bonds is 4.